The van der Waals surface area contributed by atoms with Crippen LogP contribution in [-0.2, 0) is 11.2 Å². The summed E-state index contributed by atoms with van der Waals surface area (Å²) in [6, 6.07) is 9.24. The van der Waals surface area contributed by atoms with Crippen LogP contribution in [0.2, 0.25) is 0 Å². The Balaban J connectivity index is 2.18. The molecule has 2 aromatic carbocycles. The van der Waals surface area contributed by atoms with E-state index in [4.69, 9.17) is 4.74 Å². The van der Waals surface area contributed by atoms with Crippen molar-refractivity contribution in [2.45, 2.75) is 39.7 Å². The molecule has 0 radical (unpaired) electrons. The lowest BCUT2D eigenvalue weighted by atomic mass is 9.99. The first-order valence-corrected chi connectivity index (χ1v) is 10.1. The number of allylic oxidation sites excluding steroid dienone is 3. The Hall–Kier alpha value is -3.31. The Morgan fingerprint density at radius 3 is 2.32 bits per heavy atom. The third-order valence-electron chi connectivity index (χ3n) is 4.84. The fourth-order valence-electron chi connectivity index (χ4n) is 3.13. The van der Waals surface area contributed by atoms with Gasteiger partial charge < -0.3 is 20.1 Å². The first-order chi connectivity index (χ1) is 14.7. The summed E-state index contributed by atoms with van der Waals surface area (Å²) in [5, 5.41) is 30.2. The molecule has 0 fully saturated rings. The summed E-state index contributed by atoms with van der Waals surface area (Å²) in [5.74, 6) is -0.522. The standard InChI is InChI=1S/C26H30O5/c1-17(2)15-21(31-4)16-18(3)5-11-22-25(29)14-12-23(26(22)30)24(28)13-8-19-6-9-20(27)10-7-19/h5-10,12-15,21,27,29-30H,11,16H2,1-4H3/b13-8+,18-5+/t21-/m1/s1. The molecule has 0 spiro atoms. The highest BCUT2D eigenvalue weighted by Crippen LogP contribution is 2.32. The summed E-state index contributed by atoms with van der Waals surface area (Å²) in [6.45, 7) is 5.99. The van der Waals surface area contributed by atoms with Crippen LogP contribution < -0.4 is 0 Å². The summed E-state index contributed by atoms with van der Waals surface area (Å²) in [4.78, 5) is 12.6. The van der Waals surface area contributed by atoms with Gasteiger partial charge in [0, 0.05) is 12.7 Å². The Morgan fingerprint density at radius 1 is 1.03 bits per heavy atom. The predicted octanol–water partition coefficient (Wildman–Crippen LogP) is 5.56. The van der Waals surface area contributed by atoms with E-state index < -0.39 is 0 Å². The number of phenolic OH excluding ortho intramolecular Hbond substituents is 3. The molecular formula is C26H30O5. The summed E-state index contributed by atoms with van der Waals surface area (Å²) in [6.07, 6.45) is 7.86. The van der Waals surface area contributed by atoms with Crippen LogP contribution in [0, 0.1) is 0 Å². The van der Waals surface area contributed by atoms with Gasteiger partial charge in [-0.05, 0) is 69.5 Å². The normalized spacial score (nSPS) is 12.7. The zero-order valence-electron chi connectivity index (χ0n) is 18.4. The minimum absolute atomic E-state index is 0.0404. The van der Waals surface area contributed by atoms with Crippen molar-refractivity contribution in [2.24, 2.45) is 0 Å². The Kier molecular flexibility index (Phi) is 8.64. The van der Waals surface area contributed by atoms with Gasteiger partial charge in [0.05, 0.1) is 11.7 Å². The number of benzene rings is 2. The van der Waals surface area contributed by atoms with Crippen LogP contribution in [0.15, 0.2) is 65.8 Å². The minimum atomic E-state index is -0.379. The average Bonchev–Trinajstić information content (AvgIpc) is 2.72. The maximum absolute atomic E-state index is 12.6. The van der Waals surface area contributed by atoms with E-state index in [1.165, 1.54) is 35.9 Å². The molecule has 2 rings (SSSR count). The van der Waals surface area contributed by atoms with Crippen molar-refractivity contribution < 1.29 is 24.9 Å². The van der Waals surface area contributed by atoms with Crippen LogP contribution >= 0.6 is 0 Å². The number of ether oxygens (including phenoxy) is 1. The number of carbonyl (C=O) groups excluding carboxylic acids is 1. The number of ketones is 1. The van der Waals surface area contributed by atoms with Crippen LogP contribution in [0.1, 0.15) is 48.7 Å². The molecule has 0 unspecified atom stereocenters. The number of methoxy groups -OCH3 is 1. The van der Waals surface area contributed by atoms with Crippen LogP contribution in [0.25, 0.3) is 6.08 Å². The van der Waals surface area contributed by atoms with E-state index in [0.29, 0.717) is 12.0 Å². The first kappa shape index (κ1) is 24.0. The summed E-state index contributed by atoms with van der Waals surface area (Å²) >= 11 is 0. The summed E-state index contributed by atoms with van der Waals surface area (Å²) in [7, 11) is 1.66. The van der Waals surface area contributed by atoms with Crippen molar-refractivity contribution in [2.75, 3.05) is 7.11 Å². The molecule has 0 aliphatic carbocycles. The highest BCUT2D eigenvalue weighted by molar-refractivity contribution is 6.09. The van der Waals surface area contributed by atoms with Gasteiger partial charge in [0.2, 0.25) is 0 Å². The first-order valence-electron chi connectivity index (χ1n) is 10.1. The fraction of sp³-hybridized carbons (Fsp3) is 0.269. The van der Waals surface area contributed by atoms with E-state index in [9.17, 15) is 20.1 Å². The van der Waals surface area contributed by atoms with Crippen molar-refractivity contribution in [3.05, 3.63) is 82.5 Å². The van der Waals surface area contributed by atoms with Gasteiger partial charge in [-0.3, -0.25) is 4.79 Å². The highest BCUT2D eigenvalue weighted by Gasteiger charge is 2.16. The molecule has 0 saturated heterocycles. The smallest absolute Gasteiger partial charge is 0.189 e. The number of hydrogen-bond donors (Lipinski definition) is 3. The SMILES string of the molecule is CO[C@H](C=C(C)C)C/C(C)=C/Cc1c(O)ccc(C(=O)/C=C/c2ccc(O)cc2)c1O. The van der Waals surface area contributed by atoms with Crippen molar-refractivity contribution in [3.63, 3.8) is 0 Å². The highest BCUT2D eigenvalue weighted by atomic mass is 16.5. The van der Waals surface area contributed by atoms with Gasteiger partial charge in [0.15, 0.2) is 5.78 Å². The van der Waals surface area contributed by atoms with E-state index in [1.807, 2.05) is 32.9 Å². The summed E-state index contributed by atoms with van der Waals surface area (Å²) in [5.41, 5.74) is 3.38. The molecule has 0 bridgehead atoms. The van der Waals surface area contributed by atoms with Crippen molar-refractivity contribution in [3.8, 4) is 17.2 Å². The monoisotopic (exact) mass is 422 g/mol. The van der Waals surface area contributed by atoms with E-state index in [-0.39, 0.29) is 41.1 Å². The fourth-order valence-corrected chi connectivity index (χ4v) is 3.13. The van der Waals surface area contributed by atoms with Gasteiger partial charge in [-0.15, -0.1) is 0 Å². The van der Waals surface area contributed by atoms with Gasteiger partial charge in [-0.25, -0.2) is 0 Å². The van der Waals surface area contributed by atoms with E-state index >= 15 is 0 Å². The largest absolute Gasteiger partial charge is 0.508 e. The number of aromatic hydroxyl groups is 3. The second-order valence-corrected chi connectivity index (χ2v) is 7.73. The molecule has 164 valence electrons. The molecule has 0 saturated carbocycles. The Labute approximate surface area is 183 Å². The van der Waals surface area contributed by atoms with Crippen molar-refractivity contribution in [1.29, 1.82) is 0 Å². The maximum Gasteiger partial charge on any atom is 0.189 e. The van der Waals surface area contributed by atoms with E-state index in [1.54, 1.807) is 25.3 Å². The lowest BCUT2D eigenvalue weighted by Crippen LogP contribution is -2.08. The van der Waals surface area contributed by atoms with E-state index in [0.717, 1.165) is 11.1 Å². The van der Waals surface area contributed by atoms with Crippen molar-refractivity contribution in [1.82, 2.24) is 0 Å². The third kappa shape index (κ3) is 7.15. The van der Waals surface area contributed by atoms with E-state index in [2.05, 4.69) is 0 Å². The van der Waals surface area contributed by atoms with Crippen molar-refractivity contribution >= 4 is 11.9 Å². The number of carbonyl (C=O) groups is 1. The number of hydrogen-bond acceptors (Lipinski definition) is 5. The van der Waals surface area contributed by atoms with Gasteiger partial charge in [0.1, 0.15) is 17.2 Å². The topological polar surface area (TPSA) is 87.0 Å². The molecule has 0 heterocycles. The molecule has 0 aliphatic rings. The third-order valence-corrected chi connectivity index (χ3v) is 4.84. The average molecular weight is 423 g/mol. The molecule has 0 aromatic heterocycles. The van der Waals surface area contributed by atoms with Crippen LogP contribution in [0.5, 0.6) is 17.2 Å². The second kappa shape index (κ2) is 11.2. The predicted molar refractivity (Wildman–Crippen MR) is 124 cm³/mol. The molecule has 0 aliphatic heterocycles. The Morgan fingerprint density at radius 2 is 1.71 bits per heavy atom. The lowest BCUT2D eigenvalue weighted by Gasteiger charge is -2.13. The molecule has 3 N–H and O–H groups in total. The molecule has 5 nitrogen and oxygen atoms in total. The maximum atomic E-state index is 12.6. The number of phenols is 3. The van der Waals surface area contributed by atoms with Crippen LogP contribution in [0.4, 0.5) is 0 Å². The zero-order valence-corrected chi connectivity index (χ0v) is 18.4. The molecule has 2 aromatic rings. The molecule has 31 heavy (non-hydrogen) atoms. The van der Waals surface area contributed by atoms with Gasteiger partial charge in [0.25, 0.3) is 0 Å². The zero-order chi connectivity index (χ0) is 23.0. The quantitative estimate of drug-likeness (QED) is 0.280. The van der Waals surface area contributed by atoms with Gasteiger partial charge in [-0.2, -0.15) is 0 Å². The summed E-state index contributed by atoms with van der Waals surface area (Å²) < 4.78 is 5.47. The second-order valence-electron chi connectivity index (χ2n) is 7.73. The van der Waals surface area contributed by atoms with Crippen LogP contribution in [-0.4, -0.2) is 34.3 Å². The Bertz CT molecular complexity index is 993. The van der Waals surface area contributed by atoms with Gasteiger partial charge >= 0.3 is 0 Å². The molecular weight excluding hydrogens is 392 g/mol. The van der Waals surface area contributed by atoms with Crippen LogP contribution in [0.3, 0.4) is 0 Å². The molecule has 1 atom stereocenters. The lowest BCUT2D eigenvalue weighted by molar-refractivity contribution is 0.104. The molecule has 5 heteroatoms. The number of rotatable bonds is 9. The minimum Gasteiger partial charge on any atom is -0.508 e. The molecule has 0 amide bonds. The van der Waals surface area contributed by atoms with Gasteiger partial charge in [-0.1, -0.05) is 41.5 Å².